The largest absolute Gasteiger partial charge is 0.234 e. The molecule has 1 saturated carbocycles. The van der Waals surface area contributed by atoms with Crippen molar-refractivity contribution in [1.82, 2.24) is 0 Å². The topological polar surface area (TPSA) is 29.4 Å². The minimum absolute atomic E-state index is 0.508. The van der Waals surface area contributed by atoms with Gasteiger partial charge in [-0.2, -0.15) is 0 Å². The lowest BCUT2D eigenvalue weighted by atomic mass is 9.71. The van der Waals surface area contributed by atoms with E-state index >= 15 is 0 Å². The summed E-state index contributed by atoms with van der Waals surface area (Å²) in [6, 6.07) is 0. The van der Waals surface area contributed by atoms with Crippen LogP contribution in [0.1, 0.15) is 46.0 Å². The van der Waals surface area contributed by atoms with Crippen LogP contribution in [0.4, 0.5) is 0 Å². The fraction of sp³-hybridized carbons (Fsp3) is 0.909. The van der Waals surface area contributed by atoms with Crippen LogP contribution in [-0.2, 0) is 4.79 Å². The first-order valence-electron chi connectivity index (χ1n) is 5.18. The molecule has 0 saturated heterocycles. The molecule has 2 nitrogen and oxygen atoms in total. The van der Waals surface area contributed by atoms with Crippen LogP contribution in [0.3, 0.4) is 0 Å². The Bertz CT molecular complexity index is 204. The molecule has 1 fully saturated rings. The SMILES string of the molecule is CC1(C)CCCC(CCN=C=O)C1. The van der Waals surface area contributed by atoms with Crippen molar-refractivity contribution in [2.45, 2.75) is 46.0 Å². The zero-order chi connectivity index (χ0) is 9.73. The van der Waals surface area contributed by atoms with Gasteiger partial charge in [0.1, 0.15) is 0 Å². The van der Waals surface area contributed by atoms with E-state index in [-0.39, 0.29) is 0 Å². The second kappa shape index (κ2) is 4.57. The standard InChI is InChI=1S/C11H19NO/c1-11(2)6-3-4-10(8-11)5-7-12-9-13/h10H,3-8H2,1-2H3. The van der Waals surface area contributed by atoms with Gasteiger partial charge in [0.25, 0.3) is 0 Å². The lowest BCUT2D eigenvalue weighted by Gasteiger charge is -2.34. The van der Waals surface area contributed by atoms with Crippen molar-refractivity contribution in [2.75, 3.05) is 6.54 Å². The molecule has 1 atom stereocenters. The number of rotatable bonds is 3. The quantitative estimate of drug-likeness (QED) is 0.486. The average molecular weight is 181 g/mol. The molecule has 0 spiro atoms. The van der Waals surface area contributed by atoms with Crippen molar-refractivity contribution in [3.63, 3.8) is 0 Å². The number of hydrogen-bond acceptors (Lipinski definition) is 2. The lowest BCUT2D eigenvalue weighted by Crippen LogP contribution is -2.22. The fourth-order valence-corrected chi connectivity index (χ4v) is 2.39. The van der Waals surface area contributed by atoms with Crippen molar-refractivity contribution in [2.24, 2.45) is 16.3 Å². The van der Waals surface area contributed by atoms with Gasteiger partial charge in [0, 0.05) is 0 Å². The van der Waals surface area contributed by atoms with Crippen LogP contribution in [0.2, 0.25) is 0 Å². The van der Waals surface area contributed by atoms with Crippen LogP contribution >= 0.6 is 0 Å². The molecule has 1 rings (SSSR count). The Balaban J connectivity index is 2.30. The predicted molar refractivity (Wildman–Crippen MR) is 53.3 cm³/mol. The zero-order valence-corrected chi connectivity index (χ0v) is 8.68. The van der Waals surface area contributed by atoms with Gasteiger partial charge in [-0.1, -0.05) is 26.7 Å². The van der Waals surface area contributed by atoms with Crippen molar-refractivity contribution >= 4 is 6.08 Å². The molecular weight excluding hydrogens is 162 g/mol. The first kappa shape index (κ1) is 10.5. The maximum absolute atomic E-state index is 9.88. The van der Waals surface area contributed by atoms with Crippen LogP contribution in [0.15, 0.2) is 4.99 Å². The average Bonchev–Trinajstić information content (AvgIpc) is 2.03. The molecule has 0 radical (unpaired) electrons. The van der Waals surface area contributed by atoms with Crippen LogP contribution in [0.25, 0.3) is 0 Å². The predicted octanol–water partition coefficient (Wildman–Crippen LogP) is 2.93. The van der Waals surface area contributed by atoms with E-state index in [4.69, 9.17) is 0 Å². The van der Waals surface area contributed by atoms with Crippen LogP contribution in [0.5, 0.6) is 0 Å². The zero-order valence-electron chi connectivity index (χ0n) is 8.68. The molecule has 0 aromatic carbocycles. The minimum atomic E-state index is 0.508. The highest BCUT2D eigenvalue weighted by molar-refractivity contribution is 5.32. The van der Waals surface area contributed by atoms with E-state index in [1.165, 1.54) is 25.7 Å². The molecule has 1 aliphatic rings. The van der Waals surface area contributed by atoms with Crippen LogP contribution in [0, 0.1) is 11.3 Å². The normalized spacial score (nSPS) is 26.5. The molecule has 0 aliphatic heterocycles. The molecular formula is C11H19NO. The Morgan fingerprint density at radius 3 is 2.92 bits per heavy atom. The summed E-state index contributed by atoms with van der Waals surface area (Å²) in [6.07, 6.45) is 7.96. The summed E-state index contributed by atoms with van der Waals surface area (Å²) in [6.45, 7) is 5.34. The van der Waals surface area contributed by atoms with Crippen molar-refractivity contribution < 1.29 is 4.79 Å². The van der Waals surface area contributed by atoms with E-state index in [1.54, 1.807) is 6.08 Å². The van der Waals surface area contributed by atoms with E-state index in [0.29, 0.717) is 12.0 Å². The van der Waals surface area contributed by atoms with Gasteiger partial charge in [-0.3, -0.25) is 0 Å². The van der Waals surface area contributed by atoms with E-state index in [1.807, 2.05) is 0 Å². The third-order valence-corrected chi connectivity index (χ3v) is 3.02. The molecule has 2 heteroatoms. The Labute approximate surface area is 80.4 Å². The molecule has 0 N–H and O–H groups in total. The van der Waals surface area contributed by atoms with Gasteiger partial charge in [0.2, 0.25) is 6.08 Å². The monoisotopic (exact) mass is 181 g/mol. The minimum Gasteiger partial charge on any atom is -0.211 e. The molecule has 0 amide bonds. The number of isocyanates is 1. The Morgan fingerprint density at radius 2 is 2.31 bits per heavy atom. The van der Waals surface area contributed by atoms with Gasteiger partial charge in [-0.15, -0.1) is 0 Å². The number of aliphatic imine (C=N–C) groups is 1. The van der Waals surface area contributed by atoms with Gasteiger partial charge < -0.3 is 0 Å². The molecule has 13 heavy (non-hydrogen) atoms. The molecule has 0 aromatic rings. The Morgan fingerprint density at radius 1 is 1.54 bits per heavy atom. The van der Waals surface area contributed by atoms with Crippen LogP contribution < -0.4 is 0 Å². The number of hydrogen-bond donors (Lipinski definition) is 0. The summed E-state index contributed by atoms with van der Waals surface area (Å²) in [5.74, 6) is 0.779. The Kier molecular flexibility index (Phi) is 3.68. The Hall–Kier alpha value is -0.620. The maximum atomic E-state index is 9.88. The maximum Gasteiger partial charge on any atom is 0.234 e. The molecule has 0 aromatic heterocycles. The second-order valence-electron chi connectivity index (χ2n) is 4.89. The molecule has 0 heterocycles. The van der Waals surface area contributed by atoms with Gasteiger partial charge >= 0.3 is 0 Å². The van der Waals surface area contributed by atoms with E-state index in [2.05, 4.69) is 18.8 Å². The van der Waals surface area contributed by atoms with Gasteiger partial charge in [0.05, 0.1) is 6.54 Å². The van der Waals surface area contributed by atoms with E-state index in [0.717, 1.165) is 12.3 Å². The number of carbonyl (C=O) groups excluding carboxylic acids is 1. The smallest absolute Gasteiger partial charge is 0.211 e. The third-order valence-electron chi connectivity index (χ3n) is 3.02. The second-order valence-corrected chi connectivity index (χ2v) is 4.89. The van der Waals surface area contributed by atoms with Crippen molar-refractivity contribution in [3.8, 4) is 0 Å². The third kappa shape index (κ3) is 3.73. The highest BCUT2D eigenvalue weighted by Gasteiger charge is 2.27. The van der Waals surface area contributed by atoms with E-state index < -0.39 is 0 Å². The summed E-state index contributed by atoms with van der Waals surface area (Å²) in [5.41, 5.74) is 0.508. The summed E-state index contributed by atoms with van der Waals surface area (Å²) in [5, 5.41) is 0. The first-order valence-corrected chi connectivity index (χ1v) is 5.18. The van der Waals surface area contributed by atoms with Crippen molar-refractivity contribution in [1.29, 1.82) is 0 Å². The number of nitrogens with zero attached hydrogens (tertiary/aromatic N) is 1. The summed E-state index contributed by atoms with van der Waals surface area (Å²) in [7, 11) is 0. The molecule has 1 unspecified atom stereocenters. The van der Waals surface area contributed by atoms with Crippen LogP contribution in [-0.4, -0.2) is 12.6 Å². The highest BCUT2D eigenvalue weighted by atomic mass is 16.1. The molecule has 0 bridgehead atoms. The van der Waals surface area contributed by atoms with Gasteiger partial charge in [0.15, 0.2) is 0 Å². The van der Waals surface area contributed by atoms with E-state index in [9.17, 15) is 4.79 Å². The molecule has 1 aliphatic carbocycles. The molecule has 74 valence electrons. The van der Waals surface area contributed by atoms with Gasteiger partial charge in [-0.25, -0.2) is 9.79 Å². The lowest BCUT2D eigenvalue weighted by molar-refractivity contribution is 0.175. The van der Waals surface area contributed by atoms with Crippen molar-refractivity contribution in [3.05, 3.63) is 0 Å². The summed E-state index contributed by atoms with van der Waals surface area (Å²) < 4.78 is 0. The summed E-state index contributed by atoms with van der Waals surface area (Å²) >= 11 is 0. The van der Waals surface area contributed by atoms with Gasteiger partial charge in [-0.05, 0) is 30.6 Å². The first-order chi connectivity index (χ1) is 6.14. The highest BCUT2D eigenvalue weighted by Crippen LogP contribution is 2.39. The fourth-order valence-electron chi connectivity index (χ4n) is 2.39. The summed E-state index contributed by atoms with van der Waals surface area (Å²) in [4.78, 5) is 13.5.